The molecule has 0 amide bonds. The van der Waals surface area contributed by atoms with Gasteiger partial charge in [0, 0.05) is 17.3 Å². The lowest BCUT2D eigenvalue weighted by Crippen LogP contribution is -1.92. The van der Waals surface area contributed by atoms with Crippen molar-refractivity contribution in [2.45, 2.75) is 65.2 Å². The molecule has 0 atom stereocenters. The summed E-state index contributed by atoms with van der Waals surface area (Å²) in [4.78, 5) is 4.53. The van der Waals surface area contributed by atoms with Gasteiger partial charge in [-0.2, -0.15) is 0 Å². The SMILES string of the molecule is CCCCCCc1ccc(-c2ccc(-c3ccc(CCCC)cc3F)nc2)cc1. The van der Waals surface area contributed by atoms with Crippen LogP contribution < -0.4 is 0 Å². The van der Waals surface area contributed by atoms with E-state index in [2.05, 4.69) is 43.1 Å². The number of rotatable bonds is 10. The molecular weight excluding hydrogens is 357 g/mol. The van der Waals surface area contributed by atoms with E-state index in [9.17, 15) is 4.39 Å². The maximum Gasteiger partial charge on any atom is 0.132 e. The second-order valence-corrected chi connectivity index (χ2v) is 7.86. The van der Waals surface area contributed by atoms with Crippen molar-refractivity contribution >= 4 is 0 Å². The maximum atomic E-state index is 14.5. The van der Waals surface area contributed by atoms with Crippen LogP contribution in [-0.4, -0.2) is 4.98 Å². The van der Waals surface area contributed by atoms with E-state index in [1.807, 2.05) is 30.5 Å². The van der Waals surface area contributed by atoms with Crippen LogP contribution in [0.15, 0.2) is 60.8 Å². The Morgan fingerprint density at radius 2 is 1.38 bits per heavy atom. The third-order valence-corrected chi connectivity index (χ3v) is 5.50. The van der Waals surface area contributed by atoms with Gasteiger partial charge in [-0.05, 0) is 60.6 Å². The molecule has 3 aromatic rings. The molecular formula is C27H32FN. The maximum absolute atomic E-state index is 14.5. The molecule has 152 valence electrons. The Labute approximate surface area is 175 Å². The van der Waals surface area contributed by atoms with Crippen LogP contribution in [0, 0.1) is 5.82 Å². The van der Waals surface area contributed by atoms with Crippen molar-refractivity contribution in [1.82, 2.24) is 4.98 Å². The molecule has 0 fully saturated rings. The van der Waals surface area contributed by atoms with Crippen LogP contribution in [0.1, 0.15) is 63.5 Å². The van der Waals surface area contributed by atoms with Gasteiger partial charge in [-0.25, -0.2) is 4.39 Å². The first-order valence-corrected chi connectivity index (χ1v) is 11.1. The minimum absolute atomic E-state index is 0.189. The van der Waals surface area contributed by atoms with E-state index < -0.39 is 0 Å². The monoisotopic (exact) mass is 389 g/mol. The van der Waals surface area contributed by atoms with Gasteiger partial charge in [0.2, 0.25) is 0 Å². The van der Waals surface area contributed by atoms with Crippen molar-refractivity contribution in [3.8, 4) is 22.4 Å². The topological polar surface area (TPSA) is 12.9 Å². The molecule has 0 radical (unpaired) electrons. The zero-order valence-electron chi connectivity index (χ0n) is 17.8. The van der Waals surface area contributed by atoms with Crippen molar-refractivity contribution in [3.05, 3.63) is 77.7 Å². The summed E-state index contributed by atoms with van der Waals surface area (Å²) < 4.78 is 14.5. The molecule has 0 saturated carbocycles. The van der Waals surface area contributed by atoms with Gasteiger partial charge in [-0.3, -0.25) is 4.98 Å². The number of nitrogens with zero attached hydrogens (tertiary/aromatic N) is 1. The second-order valence-electron chi connectivity index (χ2n) is 7.86. The molecule has 0 N–H and O–H groups in total. The molecule has 0 saturated heterocycles. The fourth-order valence-electron chi connectivity index (χ4n) is 3.65. The van der Waals surface area contributed by atoms with Crippen molar-refractivity contribution in [2.24, 2.45) is 0 Å². The fraction of sp³-hybridized carbons (Fsp3) is 0.370. The third-order valence-electron chi connectivity index (χ3n) is 5.50. The lowest BCUT2D eigenvalue weighted by molar-refractivity contribution is 0.627. The minimum Gasteiger partial charge on any atom is -0.256 e. The highest BCUT2D eigenvalue weighted by Gasteiger charge is 2.08. The van der Waals surface area contributed by atoms with Crippen LogP contribution in [0.3, 0.4) is 0 Å². The van der Waals surface area contributed by atoms with Crippen molar-refractivity contribution < 1.29 is 4.39 Å². The second kappa shape index (κ2) is 10.9. The summed E-state index contributed by atoms with van der Waals surface area (Å²) in [5.41, 5.74) is 5.90. The van der Waals surface area contributed by atoms with Gasteiger partial charge in [-0.15, -0.1) is 0 Å². The zero-order chi connectivity index (χ0) is 20.5. The largest absolute Gasteiger partial charge is 0.256 e. The molecule has 2 aromatic carbocycles. The van der Waals surface area contributed by atoms with Gasteiger partial charge in [0.05, 0.1) is 5.69 Å². The lowest BCUT2D eigenvalue weighted by Gasteiger charge is -2.08. The van der Waals surface area contributed by atoms with E-state index >= 15 is 0 Å². The summed E-state index contributed by atoms with van der Waals surface area (Å²) in [5, 5.41) is 0. The molecule has 0 aliphatic heterocycles. The van der Waals surface area contributed by atoms with Crippen LogP contribution in [0.4, 0.5) is 4.39 Å². The standard InChI is InChI=1S/C27H32FN/c1-3-5-7-8-10-21-11-14-23(15-12-21)24-16-18-27(29-20-24)25-17-13-22(9-6-4-2)19-26(25)28/h11-20H,3-10H2,1-2H3. The molecule has 3 rings (SSSR count). The smallest absolute Gasteiger partial charge is 0.132 e. The van der Waals surface area contributed by atoms with Crippen molar-refractivity contribution in [1.29, 1.82) is 0 Å². The number of unbranched alkanes of at least 4 members (excludes halogenated alkanes) is 4. The summed E-state index contributed by atoms with van der Waals surface area (Å²) in [7, 11) is 0. The van der Waals surface area contributed by atoms with Gasteiger partial charge < -0.3 is 0 Å². The first-order valence-electron chi connectivity index (χ1n) is 11.1. The number of hydrogen-bond acceptors (Lipinski definition) is 1. The summed E-state index contributed by atoms with van der Waals surface area (Å²) in [6.45, 7) is 4.39. The third kappa shape index (κ3) is 6.00. The molecule has 1 nitrogen and oxygen atoms in total. The van der Waals surface area contributed by atoms with Crippen LogP contribution in [0.25, 0.3) is 22.4 Å². The average Bonchev–Trinajstić information content (AvgIpc) is 2.76. The summed E-state index contributed by atoms with van der Waals surface area (Å²) in [6, 6.07) is 18.2. The number of aromatic nitrogens is 1. The highest BCUT2D eigenvalue weighted by molar-refractivity contribution is 5.67. The van der Waals surface area contributed by atoms with Gasteiger partial charge >= 0.3 is 0 Å². The Morgan fingerprint density at radius 3 is 2.03 bits per heavy atom. The van der Waals surface area contributed by atoms with E-state index in [1.54, 1.807) is 6.07 Å². The van der Waals surface area contributed by atoms with Crippen LogP contribution >= 0.6 is 0 Å². The Balaban J connectivity index is 1.67. The molecule has 1 heterocycles. The molecule has 2 heteroatoms. The Bertz CT molecular complexity index is 881. The Hall–Kier alpha value is -2.48. The number of benzene rings is 2. The normalized spacial score (nSPS) is 11.0. The van der Waals surface area contributed by atoms with Crippen molar-refractivity contribution in [3.63, 3.8) is 0 Å². The highest BCUT2D eigenvalue weighted by Crippen LogP contribution is 2.26. The molecule has 1 aromatic heterocycles. The van der Waals surface area contributed by atoms with E-state index in [-0.39, 0.29) is 5.82 Å². The van der Waals surface area contributed by atoms with Gasteiger partial charge in [0.1, 0.15) is 5.82 Å². The number of hydrogen-bond donors (Lipinski definition) is 0. The predicted molar refractivity (Wildman–Crippen MR) is 122 cm³/mol. The molecule has 0 bridgehead atoms. The summed E-state index contributed by atoms with van der Waals surface area (Å²) in [5.74, 6) is -0.189. The average molecular weight is 390 g/mol. The van der Waals surface area contributed by atoms with E-state index in [1.165, 1.54) is 31.2 Å². The van der Waals surface area contributed by atoms with E-state index in [4.69, 9.17) is 0 Å². The summed E-state index contributed by atoms with van der Waals surface area (Å²) >= 11 is 0. The molecule has 29 heavy (non-hydrogen) atoms. The van der Waals surface area contributed by atoms with Gasteiger partial charge in [-0.1, -0.05) is 75.9 Å². The Kier molecular flexibility index (Phi) is 7.98. The van der Waals surface area contributed by atoms with E-state index in [0.717, 1.165) is 42.4 Å². The minimum atomic E-state index is -0.189. The lowest BCUT2D eigenvalue weighted by atomic mass is 10.0. The number of halogens is 1. The van der Waals surface area contributed by atoms with Gasteiger partial charge in [0.25, 0.3) is 0 Å². The molecule has 0 spiro atoms. The number of pyridine rings is 1. The molecule has 0 aliphatic carbocycles. The first kappa shape index (κ1) is 21.2. The van der Waals surface area contributed by atoms with Crippen LogP contribution in [0.2, 0.25) is 0 Å². The van der Waals surface area contributed by atoms with Crippen molar-refractivity contribution in [2.75, 3.05) is 0 Å². The first-order chi connectivity index (χ1) is 14.2. The number of aryl methyl sites for hydroxylation is 2. The quantitative estimate of drug-likeness (QED) is 0.320. The van der Waals surface area contributed by atoms with Crippen LogP contribution in [0.5, 0.6) is 0 Å². The predicted octanol–water partition coefficient (Wildman–Crippen LogP) is 8.02. The highest BCUT2D eigenvalue weighted by atomic mass is 19.1. The fourth-order valence-corrected chi connectivity index (χ4v) is 3.65. The van der Waals surface area contributed by atoms with Crippen LogP contribution in [-0.2, 0) is 12.8 Å². The van der Waals surface area contributed by atoms with E-state index in [0.29, 0.717) is 11.3 Å². The Morgan fingerprint density at radius 1 is 0.690 bits per heavy atom. The van der Waals surface area contributed by atoms with Gasteiger partial charge in [0.15, 0.2) is 0 Å². The zero-order valence-corrected chi connectivity index (χ0v) is 17.8. The summed E-state index contributed by atoms with van der Waals surface area (Å²) in [6.07, 6.45) is 11.3. The molecule has 0 aliphatic rings. The molecule has 0 unspecified atom stereocenters.